The predicted octanol–water partition coefficient (Wildman–Crippen LogP) is 2.43. The molecule has 0 atom stereocenters. The Bertz CT molecular complexity index is 259. The Morgan fingerprint density at radius 1 is 1.33 bits per heavy atom. The molecule has 0 heterocycles. The fraction of sp³-hybridized carbons (Fsp3) is 0. The van der Waals surface area contributed by atoms with Gasteiger partial charge in [0.2, 0.25) is 0 Å². The fourth-order valence-electron chi connectivity index (χ4n) is 0.680. The number of hydrogen-bond donors (Lipinski definition) is 2. The Morgan fingerprint density at radius 3 is 2.33 bits per heavy atom. The van der Waals surface area contributed by atoms with Gasteiger partial charge in [-0.3, -0.25) is 5.84 Å². The highest BCUT2D eigenvalue weighted by Gasteiger charge is 2.06. The number of nitrogens with two attached hydrogens (primary N) is 1. The molecular formula is C6H6BrClF2N2. The number of anilines is 1. The molecule has 0 aromatic heterocycles. The summed E-state index contributed by atoms with van der Waals surface area (Å²) in [5.41, 5.74) is 2.15. The Labute approximate surface area is 82.6 Å². The zero-order valence-electron chi connectivity index (χ0n) is 5.77. The van der Waals surface area contributed by atoms with Gasteiger partial charge in [0.15, 0.2) is 5.82 Å². The number of hydrazine groups is 1. The number of nitrogen functional groups attached to an aromatic ring is 1. The molecule has 0 amide bonds. The van der Waals surface area contributed by atoms with Gasteiger partial charge in [-0.1, -0.05) is 0 Å². The van der Waals surface area contributed by atoms with E-state index in [-0.39, 0.29) is 22.6 Å². The van der Waals surface area contributed by atoms with Gasteiger partial charge < -0.3 is 5.43 Å². The lowest BCUT2D eigenvalue weighted by Gasteiger charge is -2.03. The second-order valence-electron chi connectivity index (χ2n) is 1.89. The van der Waals surface area contributed by atoms with Crippen LogP contribution in [0.15, 0.2) is 16.6 Å². The molecule has 0 unspecified atom stereocenters. The van der Waals surface area contributed by atoms with Gasteiger partial charge >= 0.3 is 0 Å². The van der Waals surface area contributed by atoms with Crippen molar-refractivity contribution in [1.82, 2.24) is 0 Å². The van der Waals surface area contributed by atoms with Crippen molar-refractivity contribution in [2.75, 3.05) is 5.43 Å². The maximum absolute atomic E-state index is 12.7. The standard InChI is InChI=1S/C6H5BrF2N2.ClH/c7-4-1-3(8)2-5(9)6(4)11-10;/h1-2,11H,10H2;1H. The van der Waals surface area contributed by atoms with Crippen LogP contribution >= 0.6 is 28.3 Å². The Kier molecular flexibility index (Phi) is 4.44. The van der Waals surface area contributed by atoms with Crippen molar-refractivity contribution in [3.05, 3.63) is 28.2 Å². The summed E-state index contributed by atoms with van der Waals surface area (Å²) < 4.78 is 25.4. The van der Waals surface area contributed by atoms with Crippen LogP contribution in [0.1, 0.15) is 0 Å². The summed E-state index contributed by atoms with van der Waals surface area (Å²) in [6.07, 6.45) is 0. The molecule has 0 fully saturated rings. The van der Waals surface area contributed by atoms with E-state index in [1.165, 1.54) is 0 Å². The summed E-state index contributed by atoms with van der Waals surface area (Å²) in [6, 6.07) is 1.87. The zero-order chi connectivity index (χ0) is 8.43. The van der Waals surface area contributed by atoms with Gasteiger partial charge in [0.1, 0.15) is 5.82 Å². The summed E-state index contributed by atoms with van der Waals surface area (Å²) in [5, 5.41) is 0. The largest absolute Gasteiger partial charge is 0.321 e. The van der Waals surface area contributed by atoms with Crippen molar-refractivity contribution in [1.29, 1.82) is 0 Å². The molecule has 0 radical (unpaired) electrons. The number of rotatable bonds is 1. The zero-order valence-corrected chi connectivity index (χ0v) is 8.18. The van der Waals surface area contributed by atoms with Gasteiger partial charge in [-0.25, -0.2) is 8.78 Å². The van der Waals surface area contributed by atoms with Crippen LogP contribution in [-0.2, 0) is 0 Å². The lowest BCUT2D eigenvalue weighted by Crippen LogP contribution is -2.09. The predicted molar refractivity (Wildman–Crippen MR) is 49.1 cm³/mol. The number of halogens is 4. The van der Waals surface area contributed by atoms with Gasteiger partial charge in [0.25, 0.3) is 0 Å². The molecule has 1 rings (SSSR count). The fourth-order valence-corrected chi connectivity index (χ4v) is 1.20. The van der Waals surface area contributed by atoms with Gasteiger partial charge in [0.05, 0.1) is 5.69 Å². The Morgan fingerprint density at radius 2 is 1.92 bits per heavy atom. The molecule has 68 valence electrons. The molecule has 0 aliphatic carbocycles. The molecule has 1 aromatic carbocycles. The third-order valence-corrected chi connectivity index (χ3v) is 1.78. The minimum Gasteiger partial charge on any atom is -0.321 e. The first kappa shape index (κ1) is 11.6. The Balaban J connectivity index is 0.00000121. The van der Waals surface area contributed by atoms with E-state index in [0.717, 1.165) is 12.1 Å². The molecule has 0 saturated carbocycles. The van der Waals surface area contributed by atoms with E-state index in [0.29, 0.717) is 0 Å². The lowest BCUT2D eigenvalue weighted by molar-refractivity contribution is 0.584. The molecule has 0 aliphatic heterocycles. The molecule has 0 bridgehead atoms. The molecule has 2 nitrogen and oxygen atoms in total. The third kappa shape index (κ3) is 2.30. The Hall–Kier alpha value is -0.390. The molecule has 6 heteroatoms. The van der Waals surface area contributed by atoms with Gasteiger partial charge in [0, 0.05) is 10.5 Å². The molecule has 3 N–H and O–H groups in total. The van der Waals surface area contributed by atoms with Crippen LogP contribution < -0.4 is 11.3 Å². The maximum Gasteiger partial charge on any atom is 0.151 e. The average Bonchev–Trinajstić information content (AvgIpc) is 1.85. The first-order valence-electron chi connectivity index (χ1n) is 2.76. The van der Waals surface area contributed by atoms with Gasteiger partial charge in [-0.2, -0.15) is 0 Å². The van der Waals surface area contributed by atoms with E-state index in [2.05, 4.69) is 21.4 Å². The summed E-state index contributed by atoms with van der Waals surface area (Å²) in [7, 11) is 0. The summed E-state index contributed by atoms with van der Waals surface area (Å²) in [6.45, 7) is 0. The topological polar surface area (TPSA) is 38.0 Å². The summed E-state index contributed by atoms with van der Waals surface area (Å²) in [5.74, 6) is 3.59. The number of benzene rings is 1. The van der Waals surface area contributed by atoms with Gasteiger partial charge in [-0.15, -0.1) is 12.4 Å². The van der Waals surface area contributed by atoms with Crippen molar-refractivity contribution in [3.8, 4) is 0 Å². The van der Waals surface area contributed by atoms with E-state index in [4.69, 9.17) is 5.84 Å². The first-order chi connectivity index (χ1) is 5.15. The molecular weight excluding hydrogens is 253 g/mol. The molecule has 0 spiro atoms. The van der Waals surface area contributed by atoms with E-state index in [1.54, 1.807) is 0 Å². The molecule has 0 aliphatic rings. The van der Waals surface area contributed by atoms with Crippen LogP contribution in [0.5, 0.6) is 0 Å². The SMILES string of the molecule is Cl.NNc1c(F)cc(F)cc1Br. The molecule has 12 heavy (non-hydrogen) atoms. The van der Waals surface area contributed by atoms with Crippen molar-refractivity contribution in [2.45, 2.75) is 0 Å². The van der Waals surface area contributed by atoms with Crippen molar-refractivity contribution in [3.63, 3.8) is 0 Å². The second kappa shape index (κ2) is 4.59. The summed E-state index contributed by atoms with van der Waals surface area (Å²) in [4.78, 5) is 0. The van der Waals surface area contributed by atoms with Crippen LogP contribution in [0.4, 0.5) is 14.5 Å². The van der Waals surface area contributed by atoms with Gasteiger partial charge in [-0.05, 0) is 22.0 Å². The monoisotopic (exact) mass is 258 g/mol. The third-order valence-electron chi connectivity index (χ3n) is 1.15. The summed E-state index contributed by atoms with van der Waals surface area (Å²) >= 11 is 2.94. The van der Waals surface area contributed by atoms with Crippen LogP contribution in [0, 0.1) is 11.6 Å². The van der Waals surface area contributed by atoms with E-state index in [1.807, 2.05) is 0 Å². The quantitative estimate of drug-likeness (QED) is 0.600. The smallest absolute Gasteiger partial charge is 0.151 e. The van der Waals surface area contributed by atoms with Crippen molar-refractivity contribution in [2.24, 2.45) is 5.84 Å². The highest BCUT2D eigenvalue weighted by molar-refractivity contribution is 9.10. The van der Waals surface area contributed by atoms with E-state index >= 15 is 0 Å². The van der Waals surface area contributed by atoms with E-state index in [9.17, 15) is 8.78 Å². The average molecular weight is 259 g/mol. The minimum atomic E-state index is -0.723. The van der Waals surface area contributed by atoms with E-state index < -0.39 is 11.6 Å². The highest BCUT2D eigenvalue weighted by Crippen LogP contribution is 2.25. The first-order valence-corrected chi connectivity index (χ1v) is 3.55. The number of hydrogen-bond acceptors (Lipinski definition) is 2. The number of nitrogens with one attached hydrogen (secondary N) is 1. The second-order valence-corrected chi connectivity index (χ2v) is 2.74. The minimum absolute atomic E-state index is 0. The van der Waals surface area contributed by atoms with Crippen LogP contribution in [0.25, 0.3) is 0 Å². The lowest BCUT2D eigenvalue weighted by atomic mass is 10.3. The molecule has 1 aromatic rings. The van der Waals surface area contributed by atoms with Crippen LogP contribution in [0.2, 0.25) is 0 Å². The highest BCUT2D eigenvalue weighted by atomic mass is 79.9. The van der Waals surface area contributed by atoms with Crippen LogP contribution in [0.3, 0.4) is 0 Å². The maximum atomic E-state index is 12.7. The van der Waals surface area contributed by atoms with Crippen molar-refractivity contribution >= 4 is 34.0 Å². The molecule has 0 saturated heterocycles. The van der Waals surface area contributed by atoms with Crippen molar-refractivity contribution < 1.29 is 8.78 Å². The normalized spacial score (nSPS) is 9.00. The van der Waals surface area contributed by atoms with Crippen LogP contribution in [-0.4, -0.2) is 0 Å².